The van der Waals surface area contributed by atoms with Crippen LogP contribution in [0, 0.1) is 11.8 Å². The van der Waals surface area contributed by atoms with E-state index >= 15 is 0 Å². The molecule has 2 rings (SSSR count). The molecular weight excluding hydrogens is 264 g/mol. The number of rotatable bonds is 4. The molecule has 0 aromatic carbocycles. The topological polar surface area (TPSA) is 29.5 Å². The van der Waals surface area contributed by atoms with Crippen LogP contribution in [-0.4, -0.2) is 25.6 Å². The van der Waals surface area contributed by atoms with Crippen LogP contribution in [0.2, 0.25) is 18.1 Å². The summed E-state index contributed by atoms with van der Waals surface area (Å²) < 4.78 is 6.17. The van der Waals surface area contributed by atoms with Crippen molar-refractivity contribution in [3.63, 3.8) is 0 Å². The van der Waals surface area contributed by atoms with Gasteiger partial charge in [-0.1, -0.05) is 39.3 Å². The lowest BCUT2D eigenvalue weighted by atomic mass is 9.86. The van der Waals surface area contributed by atoms with Gasteiger partial charge in [-0.05, 0) is 49.7 Å². The van der Waals surface area contributed by atoms with Crippen LogP contribution in [0.25, 0.3) is 0 Å². The molecule has 2 aliphatic carbocycles. The second kappa shape index (κ2) is 5.58. The van der Waals surface area contributed by atoms with Crippen molar-refractivity contribution in [2.24, 2.45) is 11.8 Å². The Hall–Kier alpha value is -0.123. The zero-order chi connectivity index (χ0) is 15.0. The Bertz CT molecular complexity index is 370. The molecule has 3 heteroatoms. The third-order valence-corrected chi connectivity index (χ3v) is 10.5. The third kappa shape index (κ3) is 3.05. The average Bonchev–Trinajstić information content (AvgIpc) is 2.81. The number of hydrogen-bond acceptors (Lipinski definition) is 2. The first kappa shape index (κ1) is 16.3. The summed E-state index contributed by atoms with van der Waals surface area (Å²) >= 11 is 0. The van der Waals surface area contributed by atoms with Crippen LogP contribution in [-0.2, 0) is 4.43 Å². The minimum Gasteiger partial charge on any atom is -0.413 e. The van der Waals surface area contributed by atoms with Crippen LogP contribution in [0.1, 0.15) is 52.9 Å². The first-order valence-corrected chi connectivity index (χ1v) is 11.1. The molecule has 1 N–H and O–H groups in total. The highest BCUT2D eigenvalue weighted by Gasteiger charge is 2.50. The predicted octanol–water partition coefficient (Wildman–Crippen LogP) is 4.51. The molecule has 0 bridgehead atoms. The van der Waals surface area contributed by atoms with Gasteiger partial charge in [-0.15, -0.1) is 0 Å². The van der Waals surface area contributed by atoms with Gasteiger partial charge in [0.2, 0.25) is 0 Å². The van der Waals surface area contributed by atoms with Gasteiger partial charge >= 0.3 is 0 Å². The van der Waals surface area contributed by atoms with E-state index in [9.17, 15) is 5.11 Å². The summed E-state index contributed by atoms with van der Waals surface area (Å²) in [6, 6.07) is 0. The van der Waals surface area contributed by atoms with Crippen molar-refractivity contribution >= 4 is 8.32 Å². The van der Waals surface area contributed by atoms with Crippen molar-refractivity contribution in [1.82, 2.24) is 0 Å². The van der Waals surface area contributed by atoms with E-state index in [1.807, 2.05) is 0 Å². The highest BCUT2D eigenvalue weighted by Crippen LogP contribution is 2.51. The molecule has 0 saturated heterocycles. The molecule has 0 spiro atoms. The van der Waals surface area contributed by atoms with E-state index in [1.54, 1.807) is 0 Å². The monoisotopic (exact) mass is 296 g/mol. The van der Waals surface area contributed by atoms with Crippen LogP contribution in [0.15, 0.2) is 12.2 Å². The number of aliphatic hydroxyl groups is 1. The molecule has 0 unspecified atom stereocenters. The van der Waals surface area contributed by atoms with E-state index in [1.165, 1.54) is 19.3 Å². The molecule has 2 aliphatic rings. The van der Waals surface area contributed by atoms with Gasteiger partial charge in [0.15, 0.2) is 8.32 Å². The van der Waals surface area contributed by atoms with Crippen molar-refractivity contribution < 1.29 is 9.53 Å². The van der Waals surface area contributed by atoms with Crippen LogP contribution in [0.3, 0.4) is 0 Å². The number of hydrogen-bond donors (Lipinski definition) is 1. The van der Waals surface area contributed by atoms with E-state index in [0.29, 0.717) is 18.4 Å². The second-order valence-electron chi connectivity index (χ2n) is 8.26. The molecule has 2 nitrogen and oxygen atoms in total. The van der Waals surface area contributed by atoms with Gasteiger partial charge in [0.25, 0.3) is 0 Å². The minimum absolute atomic E-state index is 0.267. The molecule has 116 valence electrons. The lowest BCUT2D eigenvalue weighted by Crippen LogP contribution is -2.40. The number of fused-ring (bicyclic) bond motifs is 1. The maximum Gasteiger partial charge on any atom is 0.192 e. The first-order chi connectivity index (χ1) is 9.17. The molecule has 0 aromatic heterocycles. The largest absolute Gasteiger partial charge is 0.413 e. The van der Waals surface area contributed by atoms with Gasteiger partial charge in [0, 0.05) is 5.92 Å². The lowest BCUT2D eigenvalue weighted by Gasteiger charge is -2.35. The zero-order valence-corrected chi connectivity index (χ0v) is 14.9. The van der Waals surface area contributed by atoms with Crippen LogP contribution < -0.4 is 0 Å². The van der Waals surface area contributed by atoms with Crippen molar-refractivity contribution in [2.45, 2.75) is 76.6 Å². The van der Waals surface area contributed by atoms with Crippen molar-refractivity contribution in [3.05, 3.63) is 12.2 Å². The zero-order valence-electron chi connectivity index (χ0n) is 13.9. The van der Waals surface area contributed by atoms with E-state index < -0.39 is 13.9 Å². The van der Waals surface area contributed by atoms with E-state index in [-0.39, 0.29) is 5.04 Å². The maximum atomic E-state index is 10.8. The Morgan fingerprint density at radius 2 is 1.95 bits per heavy atom. The molecule has 3 atom stereocenters. The predicted molar refractivity (Wildman–Crippen MR) is 87.3 cm³/mol. The van der Waals surface area contributed by atoms with E-state index in [2.05, 4.69) is 46.0 Å². The first-order valence-electron chi connectivity index (χ1n) is 8.20. The molecule has 0 aromatic rings. The van der Waals surface area contributed by atoms with Gasteiger partial charge in [-0.3, -0.25) is 0 Å². The Labute approximate surface area is 125 Å². The maximum absolute atomic E-state index is 10.8. The van der Waals surface area contributed by atoms with E-state index in [0.717, 1.165) is 12.8 Å². The van der Waals surface area contributed by atoms with Gasteiger partial charge < -0.3 is 9.53 Å². The summed E-state index contributed by atoms with van der Waals surface area (Å²) in [5.41, 5.74) is -0.395. The van der Waals surface area contributed by atoms with Gasteiger partial charge in [0.1, 0.15) is 0 Å². The smallest absolute Gasteiger partial charge is 0.192 e. The summed E-state index contributed by atoms with van der Waals surface area (Å²) in [7, 11) is -1.64. The molecule has 0 aliphatic heterocycles. The second-order valence-corrected chi connectivity index (χ2v) is 13.1. The van der Waals surface area contributed by atoms with E-state index in [4.69, 9.17) is 4.43 Å². The van der Waals surface area contributed by atoms with Crippen LogP contribution >= 0.6 is 0 Å². The Morgan fingerprint density at radius 1 is 1.25 bits per heavy atom. The highest BCUT2D eigenvalue weighted by atomic mass is 28.4. The summed E-state index contributed by atoms with van der Waals surface area (Å²) in [6.07, 6.45) is 10.2. The SMILES string of the molecule is CC(C)(C)[Si](C)(C)OC/C=C/[C@H]1CC[C@H]2CCC[C@]21O. The molecule has 0 heterocycles. The average molecular weight is 297 g/mol. The normalized spacial score (nSPS) is 34.9. The highest BCUT2D eigenvalue weighted by molar-refractivity contribution is 6.74. The standard InChI is InChI=1S/C17H32O2Si/c1-16(2,3)20(4,5)19-13-7-9-15-11-10-14-8-6-12-17(14,15)18/h7,9,14-15,18H,6,8,10-13H2,1-5H3/b9-7+/t14-,15+,17+/m1/s1. The summed E-state index contributed by atoms with van der Waals surface area (Å²) in [5, 5.41) is 11.1. The fourth-order valence-corrected chi connectivity index (χ4v) is 4.50. The molecule has 20 heavy (non-hydrogen) atoms. The molecule has 2 saturated carbocycles. The lowest BCUT2D eigenvalue weighted by molar-refractivity contribution is -0.00292. The molecule has 0 amide bonds. The van der Waals surface area contributed by atoms with Crippen molar-refractivity contribution in [1.29, 1.82) is 0 Å². The molecular formula is C17H32O2Si. The Morgan fingerprint density at radius 3 is 2.60 bits per heavy atom. The van der Waals surface area contributed by atoms with Crippen molar-refractivity contribution in [3.8, 4) is 0 Å². The fraction of sp³-hybridized carbons (Fsp3) is 0.882. The fourth-order valence-electron chi connectivity index (χ4n) is 3.55. The van der Waals surface area contributed by atoms with Crippen LogP contribution in [0.4, 0.5) is 0 Å². The molecule has 0 radical (unpaired) electrons. The summed E-state index contributed by atoms with van der Waals surface area (Å²) in [5.74, 6) is 0.913. The minimum atomic E-state index is -1.64. The molecule has 2 fully saturated rings. The van der Waals surface area contributed by atoms with Gasteiger partial charge in [-0.25, -0.2) is 0 Å². The Kier molecular flexibility index (Phi) is 4.54. The third-order valence-electron chi connectivity index (χ3n) is 6.02. The van der Waals surface area contributed by atoms with Crippen molar-refractivity contribution in [2.75, 3.05) is 6.61 Å². The summed E-state index contributed by atoms with van der Waals surface area (Å²) in [4.78, 5) is 0. The Balaban J connectivity index is 1.86. The summed E-state index contributed by atoms with van der Waals surface area (Å²) in [6.45, 7) is 12.1. The van der Waals surface area contributed by atoms with Gasteiger partial charge in [-0.2, -0.15) is 0 Å². The van der Waals surface area contributed by atoms with Crippen LogP contribution in [0.5, 0.6) is 0 Å². The quantitative estimate of drug-likeness (QED) is 0.611. The van der Waals surface area contributed by atoms with Gasteiger partial charge in [0.05, 0.1) is 12.2 Å².